The fourth-order valence-corrected chi connectivity index (χ4v) is 3.49. The first-order valence-electron chi connectivity index (χ1n) is 6.38. The average Bonchev–Trinajstić information content (AvgIpc) is 2.47. The Morgan fingerprint density at radius 3 is 2.42 bits per heavy atom. The van der Waals surface area contributed by atoms with Crippen molar-refractivity contribution in [1.29, 1.82) is 0 Å². The molecule has 0 fully saturated rings. The van der Waals surface area contributed by atoms with Gasteiger partial charge < -0.3 is 20.7 Å². The molecule has 24 heavy (non-hydrogen) atoms. The van der Waals surface area contributed by atoms with Crippen molar-refractivity contribution in [2.24, 2.45) is 5.73 Å². The van der Waals surface area contributed by atoms with E-state index >= 15 is 0 Å². The van der Waals surface area contributed by atoms with Crippen molar-refractivity contribution in [3.63, 3.8) is 0 Å². The van der Waals surface area contributed by atoms with E-state index in [2.05, 4.69) is 45.2 Å². The second kappa shape index (κ2) is 10.1. The molecule has 0 saturated carbocycles. The molecule has 2 rings (SSSR count). The minimum Gasteiger partial charge on any atom is -0.872 e. The van der Waals surface area contributed by atoms with E-state index < -0.39 is 12.0 Å². The van der Waals surface area contributed by atoms with Crippen LogP contribution in [0.3, 0.4) is 0 Å². The number of hydrogen-bond donors (Lipinski definition) is 2. The van der Waals surface area contributed by atoms with Gasteiger partial charge in [-0.05, 0) is 98.0 Å². The van der Waals surface area contributed by atoms with Crippen LogP contribution in [-0.4, -0.2) is 17.1 Å². The number of aliphatic carboxylic acids is 1. The molecular formula is C15H11I3NNaO4. The summed E-state index contributed by atoms with van der Waals surface area (Å²) >= 11 is 6.15. The Bertz CT molecular complexity index is 758. The quantitative estimate of drug-likeness (QED) is 0.353. The number of hydrogen-bond acceptors (Lipinski definition) is 4. The summed E-state index contributed by atoms with van der Waals surface area (Å²) in [5.74, 6) is 0.174. The first-order chi connectivity index (χ1) is 10.8. The van der Waals surface area contributed by atoms with Gasteiger partial charge >= 0.3 is 35.5 Å². The maximum Gasteiger partial charge on any atom is 1.00 e. The van der Waals surface area contributed by atoms with E-state index in [0.29, 0.717) is 15.1 Å². The van der Waals surface area contributed by atoms with Crippen LogP contribution in [0.5, 0.6) is 17.2 Å². The van der Waals surface area contributed by atoms with E-state index in [9.17, 15) is 9.90 Å². The number of nitrogens with two attached hydrogens (primary N) is 1. The maximum atomic E-state index is 11.6. The van der Waals surface area contributed by atoms with Gasteiger partial charge in [0.1, 0.15) is 17.5 Å². The van der Waals surface area contributed by atoms with Gasteiger partial charge in [-0.15, -0.1) is 0 Å². The molecule has 2 aromatic rings. The zero-order valence-electron chi connectivity index (χ0n) is 12.6. The standard InChI is InChI=1S/C15H12I3NO4.Na/c16-9-4-8(2-1-7(9)3-12(19)15(21)22)23-14-6-10(17)13(20)5-11(14)18;/h1-2,4-6,12,20H,3,19H2,(H,21,22);/q;+1/p-1/t12-;/m0./s1. The molecule has 0 heterocycles. The normalized spacial score (nSPS) is 11.5. The zero-order chi connectivity index (χ0) is 17.1. The summed E-state index contributed by atoms with van der Waals surface area (Å²) in [4.78, 5) is 10.8. The van der Waals surface area contributed by atoms with Gasteiger partial charge in [0, 0.05) is 7.14 Å². The summed E-state index contributed by atoms with van der Waals surface area (Å²) in [5, 5.41) is 20.5. The van der Waals surface area contributed by atoms with Crippen molar-refractivity contribution in [1.82, 2.24) is 0 Å². The molecule has 0 aliphatic carbocycles. The van der Waals surface area contributed by atoms with Gasteiger partial charge in [0.05, 0.1) is 3.57 Å². The number of ether oxygens (including phenoxy) is 1. The molecule has 5 nitrogen and oxygen atoms in total. The summed E-state index contributed by atoms with van der Waals surface area (Å²) < 4.78 is 8.04. The predicted molar refractivity (Wildman–Crippen MR) is 110 cm³/mol. The van der Waals surface area contributed by atoms with Crippen molar-refractivity contribution >= 4 is 73.7 Å². The van der Waals surface area contributed by atoms with E-state index in [0.717, 1.165) is 12.7 Å². The Morgan fingerprint density at radius 2 is 1.83 bits per heavy atom. The van der Waals surface area contributed by atoms with E-state index in [1.54, 1.807) is 18.2 Å². The Hall–Kier alpha value is 0.660. The first kappa shape index (κ1) is 22.7. The van der Waals surface area contributed by atoms with Gasteiger partial charge in [0.25, 0.3) is 0 Å². The Balaban J connectivity index is 0.00000288. The topological polar surface area (TPSA) is 95.6 Å². The number of carbonyl (C=O) groups is 1. The van der Waals surface area contributed by atoms with Gasteiger partial charge in [0.15, 0.2) is 0 Å². The monoisotopic (exact) mass is 673 g/mol. The zero-order valence-corrected chi connectivity index (χ0v) is 21.0. The van der Waals surface area contributed by atoms with Crippen molar-refractivity contribution in [3.8, 4) is 17.2 Å². The van der Waals surface area contributed by atoms with Crippen molar-refractivity contribution in [3.05, 3.63) is 46.6 Å². The summed E-state index contributed by atoms with van der Waals surface area (Å²) in [6.45, 7) is 0. The first-order valence-corrected chi connectivity index (χ1v) is 9.62. The van der Waals surface area contributed by atoms with E-state index in [-0.39, 0.29) is 41.7 Å². The molecule has 9 heteroatoms. The van der Waals surface area contributed by atoms with Gasteiger partial charge in [-0.1, -0.05) is 17.9 Å². The molecule has 0 amide bonds. The third-order valence-electron chi connectivity index (χ3n) is 3.00. The number of halogens is 3. The van der Waals surface area contributed by atoms with Crippen LogP contribution in [0.1, 0.15) is 5.56 Å². The van der Waals surface area contributed by atoms with Crippen LogP contribution in [0.25, 0.3) is 0 Å². The number of carboxylic acid groups (broad SMARTS) is 1. The fourth-order valence-electron chi connectivity index (χ4n) is 1.80. The van der Waals surface area contributed by atoms with Crippen LogP contribution in [0.15, 0.2) is 30.3 Å². The van der Waals surface area contributed by atoms with Crippen LogP contribution in [0.2, 0.25) is 0 Å². The molecule has 0 aromatic heterocycles. The Kier molecular flexibility index (Phi) is 9.57. The van der Waals surface area contributed by atoms with E-state index in [1.165, 1.54) is 6.07 Å². The Labute approximate surface area is 202 Å². The number of carboxylic acids is 1. The van der Waals surface area contributed by atoms with E-state index in [4.69, 9.17) is 15.6 Å². The molecule has 3 N–H and O–H groups in total. The van der Waals surface area contributed by atoms with Crippen LogP contribution in [0, 0.1) is 10.7 Å². The van der Waals surface area contributed by atoms with E-state index in [1.807, 2.05) is 28.7 Å². The second-order valence-corrected chi connectivity index (χ2v) is 8.20. The van der Waals surface area contributed by atoms with Gasteiger partial charge in [0.2, 0.25) is 0 Å². The fraction of sp³-hybridized carbons (Fsp3) is 0.133. The van der Waals surface area contributed by atoms with Crippen LogP contribution < -0.4 is 45.1 Å². The molecule has 0 aliphatic rings. The minimum atomic E-state index is -1.03. The van der Waals surface area contributed by atoms with Gasteiger partial charge in [-0.25, -0.2) is 0 Å². The van der Waals surface area contributed by atoms with Crippen LogP contribution in [-0.2, 0) is 11.2 Å². The molecule has 122 valence electrons. The van der Waals surface area contributed by atoms with Crippen molar-refractivity contribution in [2.45, 2.75) is 12.5 Å². The predicted octanol–water partition coefficient (Wildman–Crippen LogP) is 0.325. The molecular weight excluding hydrogens is 662 g/mol. The molecule has 0 aliphatic heterocycles. The SMILES string of the molecule is N[C@@H](Cc1ccc(Oc2cc(I)c([O-])cc2I)cc1I)C(=O)O.[Na+]. The third kappa shape index (κ3) is 6.13. The summed E-state index contributed by atoms with van der Waals surface area (Å²) in [5.41, 5.74) is 6.42. The molecule has 1 atom stereocenters. The minimum absolute atomic E-state index is 0. The summed E-state index contributed by atoms with van der Waals surface area (Å²) in [6.07, 6.45) is 0.258. The third-order valence-corrected chi connectivity index (χ3v) is 5.69. The molecule has 0 bridgehead atoms. The van der Waals surface area contributed by atoms with Crippen molar-refractivity contribution in [2.75, 3.05) is 0 Å². The average molecular weight is 673 g/mol. The molecule has 0 saturated heterocycles. The van der Waals surface area contributed by atoms with Crippen LogP contribution >= 0.6 is 67.8 Å². The van der Waals surface area contributed by atoms with Crippen molar-refractivity contribution < 1.29 is 49.3 Å². The maximum absolute atomic E-state index is 11.6. The molecule has 0 unspecified atom stereocenters. The summed E-state index contributed by atoms with van der Waals surface area (Å²) in [7, 11) is 0. The van der Waals surface area contributed by atoms with Gasteiger partial charge in [-0.3, -0.25) is 4.79 Å². The van der Waals surface area contributed by atoms with Gasteiger partial charge in [-0.2, -0.15) is 0 Å². The van der Waals surface area contributed by atoms with Crippen LogP contribution in [0.4, 0.5) is 0 Å². The summed E-state index contributed by atoms with van der Waals surface area (Å²) in [6, 6.07) is 7.69. The smallest absolute Gasteiger partial charge is 0.872 e. The molecule has 2 aromatic carbocycles. The number of rotatable bonds is 5. The Morgan fingerprint density at radius 1 is 1.17 bits per heavy atom. The molecule has 0 radical (unpaired) electrons. The largest absolute Gasteiger partial charge is 1.00 e. The molecule has 0 spiro atoms. The second-order valence-electron chi connectivity index (χ2n) is 4.72. The number of benzene rings is 2.